The summed E-state index contributed by atoms with van der Waals surface area (Å²) in [6.45, 7) is 7.37. The molecule has 0 saturated heterocycles. The van der Waals surface area contributed by atoms with E-state index in [-0.39, 0.29) is 12.0 Å². The van der Waals surface area contributed by atoms with Crippen LogP contribution >= 0.6 is 0 Å². The Morgan fingerprint density at radius 1 is 1.13 bits per heavy atom. The molecule has 0 fully saturated rings. The number of carboxylic acid groups (broad SMARTS) is 1. The number of hydrogen-bond acceptors (Lipinski definition) is 5. The zero-order chi connectivity index (χ0) is 17.8. The third-order valence-corrected chi connectivity index (χ3v) is 3.92. The van der Waals surface area contributed by atoms with Crippen molar-refractivity contribution < 1.29 is 24.5 Å². The molecule has 6 heteroatoms. The number of methoxy groups -OCH3 is 2. The van der Waals surface area contributed by atoms with Gasteiger partial charge in [0.1, 0.15) is 17.0 Å². The van der Waals surface area contributed by atoms with Crippen LogP contribution in [-0.2, 0) is 16.8 Å². The van der Waals surface area contributed by atoms with Crippen molar-refractivity contribution in [2.24, 2.45) is 0 Å². The van der Waals surface area contributed by atoms with Gasteiger partial charge in [0.2, 0.25) is 0 Å². The van der Waals surface area contributed by atoms with Crippen LogP contribution in [-0.4, -0.2) is 42.5 Å². The summed E-state index contributed by atoms with van der Waals surface area (Å²) in [5.41, 5.74) is 0.258. The van der Waals surface area contributed by atoms with Crippen LogP contribution in [0.4, 0.5) is 0 Å². The van der Waals surface area contributed by atoms with E-state index in [0.29, 0.717) is 17.1 Å². The molecule has 3 N–H and O–H groups in total. The van der Waals surface area contributed by atoms with E-state index >= 15 is 0 Å². The van der Waals surface area contributed by atoms with E-state index in [9.17, 15) is 15.0 Å². The molecule has 0 bridgehead atoms. The molecule has 23 heavy (non-hydrogen) atoms. The standard InChI is InChI=1S/C17H27NO5/c1-16(2,3)11-7-13(22-5)12(14(8-11)23-6)9-18-17(4,10-19)15(20)21/h7-8,18-19H,9-10H2,1-6H3,(H,20,21). The highest BCUT2D eigenvalue weighted by Gasteiger charge is 2.32. The highest BCUT2D eigenvalue weighted by atomic mass is 16.5. The number of benzene rings is 1. The summed E-state index contributed by atoms with van der Waals surface area (Å²) >= 11 is 0. The van der Waals surface area contributed by atoms with E-state index in [1.54, 1.807) is 14.2 Å². The average molecular weight is 325 g/mol. The number of aliphatic carboxylic acids is 1. The lowest BCUT2D eigenvalue weighted by Gasteiger charge is -2.26. The second kappa shape index (κ2) is 7.19. The highest BCUT2D eigenvalue weighted by Crippen LogP contribution is 2.35. The predicted octanol–water partition coefficient (Wildman–Crippen LogP) is 1.93. The van der Waals surface area contributed by atoms with Gasteiger partial charge in [-0.05, 0) is 30.0 Å². The van der Waals surface area contributed by atoms with Crippen molar-refractivity contribution in [3.63, 3.8) is 0 Å². The molecule has 0 aliphatic heterocycles. The second-order valence-corrected chi connectivity index (χ2v) is 6.76. The zero-order valence-electron chi connectivity index (χ0n) is 14.7. The number of carbonyl (C=O) groups is 1. The minimum atomic E-state index is -1.43. The van der Waals surface area contributed by atoms with Crippen molar-refractivity contribution in [3.05, 3.63) is 23.3 Å². The SMILES string of the molecule is COc1cc(C(C)(C)C)cc(OC)c1CNC(C)(CO)C(=O)O. The largest absolute Gasteiger partial charge is 0.496 e. The number of nitrogens with one attached hydrogen (secondary N) is 1. The summed E-state index contributed by atoms with van der Waals surface area (Å²) < 4.78 is 10.9. The molecule has 0 aliphatic rings. The summed E-state index contributed by atoms with van der Waals surface area (Å²) in [6, 6.07) is 3.85. The molecule has 0 aliphatic carbocycles. The Morgan fingerprint density at radius 2 is 1.61 bits per heavy atom. The first-order chi connectivity index (χ1) is 10.6. The molecule has 0 heterocycles. The van der Waals surface area contributed by atoms with Crippen molar-refractivity contribution in [1.29, 1.82) is 0 Å². The number of carboxylic acids is 1. The lowest BCUT2D eigenvalue weighted by Crippen LogP contribution is -2.52. The maximum Gasteiger partial charge on any atom is 0.326 e. The number of ether oxygens (including phenoxy) is 2. The van der Waals surface area contributed by atoms with Crippen LogP contribution in [0, 0.1) is 0 Å². The van der Waals surface area contributed by atoms with Crippen molar-refractivity contribution in [1.82, 2.24) is 5.32 Å². The van der Waals surface area contributed by atoms with E-state index in [4.69, 9.17) is 9.47 Å². The molecule has 0 spiro atoms. The molecular weight excluding hydrogens is 298 g/mol. The van der Waals surface area contributed by atoms with E-state index < -0.39 is 18.1 Å². The summed E-state index contributed by atoms with van der Waals surface area (Å²) in [6.07, 6.45) is 0. The Hall–Kier alpha value is -1.79. The molecule has 0 radical (unpaired) electrons. The van der Waals surface area contributed by atoms with Crippen LogP contribution in [0.2, 0.25) is 0 Å². The summed E-state index contributed by atoms with van der Waals surface area (Å²) in [5, 5.41) is 21.4. The number of hydrogen-bond donors (Lipinski definition) is 3. The van der Waals surface area contributed by atoms with Crippen LogP contribution < -0.4 is 14.8 Å². The van der Waals surface area contributed by atoms with Gasteiger partial charge in [-0.25, -0.2) is 0 Å². The molecule has 1 unspecified atom stereocenters. The Labute approximate surface area is 137 Å². The summed E-state index contributed by atoms with van der Waals surface area (Å²) in [4.78, 5) is 11.3. The van der Waals surface area contributed by atoms with Crippen molar-refractivity contribution in [3.8, 4) is 11.5 Å². The molecule has 0 amide bonds. The lowest BCUT2D eigenvalue weighted by atomic mass is 9.86. The van der Waals surface area contributed by atoms with Crippen LogP contribution in [0.5, 0.6) is 11.5 Å². The highest BCUT2D eigenvalue weighted by molar-refractivity contribution is 5.78. The number of aliphatic hydroxyl groups excluding tert-OH is 1. The van der Waals surface area contributed by atoms with Crippen LogP contribution in [0.15, 0.2) is 12.1 Å². The van der Waals surface area contributed by atoms with Crippen LogP contribution in [0.25, 0.3) is 0 Å². The van der Waals surface area contributed by atoms with Gasteiger partial charge in [0.25, 0.3) is 0 Å². The quantitative estimate of drug-likeness (QED) is 0.710. The van der Waals surface area contributed by atoms with Crippen LogP contribution in [0.1, 0.15) is 38.8 Å². The van der Waals surface area contributed by atoms with E-state index in [1.807, 2.05) is 12.1 Å². The summed E-state index contributed by atoms with van der Waals surface area (Å²) in [5.74, 6) is 0.115. The fourth-order valence-corrected chi connectivity index (χ4v) is 2.07. The monoisotopic (exact) mass is 325 g/mol. The molecular formula is C17H27NO5. The molecule has 6 nitrogen and oxygen atoms in total. The van der Waals surface area contributed by atoms with Gasteiger partial charge in [0.05, 0.1) is 20.8 Å². The lowest BCUT2D eigenvalue weighted by molar-refractivity contribution is -0.145. The van der Waals surface area contributed by atoms with E-state index in [0.717, 1.165) is 5.56 Å². The molecule has 0 aromatic heterocycles. The first kappa shape index (κ1) is 19.3. The first-order valence-electron chi connectivity index (χ1n) is 7.43. The molecule has 130 valence electrons. The molecule has 1 aromatic carbocycles. The minimum Gasteiger partial charge on any atom is -0.496 e. The van der Waals surface area contributed by atoms with Gasteiger partial charge < -0.3 is 19.7 Å². The Kier molecular flexibility index (Phi) is 6.02. The molecule has 1 aromatic rings. The van der Waals surface area contributed by atoms with Gasteiger partial charge >= 0.3 is 5.97 Å². The number of rotatable bonds is 7. The topological polar surface area (TPSA) is 88.0 Å². The van der Waals surface area contributed by atoms with Crippen molar-refractivity contribution in [2.45, 2.75) is 45.2 Å². The Balaban J connectivity index is 3.23. The zero-order valence-corrected chi connectivity index (χ0v) is 14.7. The van der Waals surface area contributed by atoms with Crippen molar-refractivity contribution in [2.75, 3.05) is 20.8 Å². The van der Waals surface area contributed by atoms with Gasteiger partial charge in [-0.15, -0.1) is 0 Å². The Morgan fingerprint density at radius 3 is 1.91 bits per heavy atom. The normalized spacial score (nSPS) is 14.2. The first-order valence-corrected chi connectivity index (χ1v) is 7.43. The average Bonchev–Trinajstić information content (AvgIpc) is 2.50. The fraction of sp³-hybridized carbons (Fsp3) is 0.588. The fourth-order valence-electron chi connectivity index (χ4n) is 2.07. The third-order valence-electron chi connectivity index (χ3n) is 3.92. The van der Waals surface area contributed by atoms with Gasteiger partial charge in [0.15, 0.2) is 0 Å². The summed E-state index contributed by atoms with van der Waals surface area (Å²) in [7, 11) is 3.13. The maximum atomic E-state index is 11.3. The maximum absolute atomic E-state index is 11.3. The smallest absolute Gasteiger partial charge is 0.326 e. The van der Waals surface area contributed by atoms with Gasteiger partial charge in [-0.3, -0.25) is 10.1 Å². The van der Waals surface area contributed by atoms with E-state index in [2.05, 4.69) is 26.1 Å². The minimum absolute atomic E-state index is 0.0762. The van der Waals surface area contributed by atoms with E-state index in [1.165, 1.54) is 6.92 Å². The molecule has 1 atom stereocenters. The molecule has 0 saturated carbocycles. The van der Waals surface area contributed by atoms with Gasteiger partial charge in [-0.1, -0.05) is 20.8 Å². The Bertz CT molecular complexity index is 540. The van der Waals surface area contributed by atoms with Gasteiger partial charge in [0, 0.05) is 12.1 Å². The predicted molar refractivity (Wildman–Crippen MR) is 88.2 cm³/mol. The second-order valence-electron chi connectivity index (χ2n) is 6.76. The van der Waals surface area contributed by atoms with Gasteiger partial charge in [-0.2, -0.15) is 0 Å². The third kappa shape index (κ3) is 4.36. The van der Waals surface area contributed by atoms with Crippen LogP contribution in [0.3, 0.4) is 0 Å². The molecule has 1 rings (SSSR count). The van der Waals surface area contributed by atoms with Crippen molar-refractivity contribution >= 4 is 5.97 Å². The number of aliphatic hydroxyl groups is 1.